The highest BCUT2D eigenvalue weighted by Gasteiger charge is 2.04. The van der Waals surface area contributed by atoms with E-state index in [-0.39, 0.29) is 0 Å². The van der Waals surface area contributed by atoms with Gasteiger partial charge in [0, 0.05) is 29.8 Å². The zero-order chi connectivity index (χ0) is 10.6. The van der Waals surface area contributed by atoms with Gasteiger partial charge in [-0.2, -0.15) is 0 Å². The molecule has 2 nitrogen and oxygen atoms in total. The summed E-state index contributed by atoms with van der Waals surface area (Å²) in [4.78, 5) is 2.27. The molecule has 0 saturated carbocycles. The summed E-state index contributed by atoms with van der Waals surface area (Å²) in [7, 11) is 0. The Morgan fingerprint density at radius 1 is 1.43 bits per heavy atom. The molecule has 0 saturated heterocycles. The van der Waals surface area contributed by atoms with Crippen LogP contribution >= 0.6 is 15.9 Å². The van der Waals surface area contributed by atoms with E-state index in [1.165, 1.54) is 11.3 Å². The van der Waals surface area contributed by atoms with Crippen LogP contribution in [0.2, 0.25) is 0 Å². The van der Waals surface area contributed by atoms with Crippen molar-refractivity contribution in [3.05, 3.63) is 28.2 Å². The summed E-state index contributed by atoms with van der Waals surface area (Å²) in [5.74, 6) is 0. The van der Waals surface area contributed by atoms with Gasteiger partial charge >= 0.3 is 0 Å². The molecular weight excluding hydrogens is 240 g/mol. The highest BCUT2D eigenvalue weighted by atomic mass is 79.9. The van der Waals surface area contributed by atoms with Crippen LogP contribution in [0.15, 0.2) is 22.7 Å². The molecule has 1 rings (SSSR count). The summed E-state index contributed by atoms with van der Waals surface area (Å²) in [6.45, 7) is 6.83. The largest absolute Gasteiger partial charge is 0.371 e. The number of anilines is 1. The number of hydrogen-bond donors (Lipinski definition) is 1. The molecule has 0 radical (unpaired) electrons. The van der Waals surface area contributed by atoms with Gasteiger partial charge in [-0.15, -0.1) is 0 Å². The molecule has 0 aliphatic rings. The third kappa shape index (κ3) is 2.72. The fraction of sp³-hybridized carbons (Fsp3) is 0.455. The summed E-state index contributed by atoms with van der Waals surface area (Å²) in [6.07, 6.45) is 0. The van der Waals surface area contributed by atoms with Crippen molar-refractivity contribution >= 4 is 21.6 Å². The number of likely N-dealkylation sites (N-methyl/N-ethyl adjacent to an activating group) is 1. The highest BCUT2D eigenvalue weighted by molar-refractivity contribution is 9.10. The monoisotopic (exact) mass is 256 g/mol. The Kier molecular flexibility index (Phi) is 4.42. The molecule has 0 amide bonds. The van der Waals surface area contributed by atoms with Crippen molar-refractivity contribution in [2.24, 2.45) is 5.73 Å². The van der Waals surface area contributed by atoms with E-state index in [0.717, 1.165) is 17.6 Å². The van der Waals surface area contributed by atoms with Gasteiger partial charge in [0.25, 0.3) is 0 Å². The van der Waals surface area contributed by atoms with Crippen LogP contribution in [0.25, 0.3) is 0 Å². The molecule has 0 spiro atoms. The summed E-state index contributed by atoms with van der Waals surface area (Å²) in [5, 5.41) is 0. The minimum atomic E-state index is 0.694. The lowest BCUT2D eigenvalue weighted by Gasteiger charge is -2.22. The Morgan fingerprint density at radius 3 is 2.64 bits per heavy atom. The predicted molar refractivity (Wildman–Crippen MR) is 65.8 cm³/mol. The molecule has 0 fully saturated rings. The standard InChI is InChI=1S/C11H17BrN2/c1-3-14(7-6-13)10-5-4-9(2)11(12)8-10/h4-5,8H,3,6-7,13H2,1-2H3. The number of halogens is 1. The highest BCUT2D eigenvalue weighted by Crippen LogP contribution is 2.23. The van der Waals surface area contributed by atoms with Crippen molar-refractivity contribution in [3.63, 3.8) is 0 Å². The molecule has 0 aliphatic carbocycles. The van der Waals surface area contributed by atoms with Gasteiger partial charge in [-0.1, -0.05) is 22.0 Å². The van der Waals surface area contributed by atoms with Gasteiger partial charge in [-0.3, -0.25) is 0 Å². The van der Waals surface area contributed by atoms with Crippen LogP contribution in [0.1, 0.15) is 12.5 Å². The average molecular weight is 257 g/mol. The second-order valence-electron chi connectivity index (χ2n) is 3.30. The van der Waals surface area contributed by atoms with E-state index in [1.54, 1.807) is 0 Å². The summed E-state index contributed by atoms with van der Waals surface area (Å²) in [5.41, 5.74) is 8.05. The van der Waals surface area contributed by atoms with Crippen molar-refractivity contribution in [3.8, 4) is 0 Å². The van der Waals surface area contributed by atoms with Gasteiger partial charge in [-0.05, 0) is 31.5 Å². The quantitative estimate of drug-likeness (QED) is 0.898. The van der Waals surface area contributed by atoms with Gasteiger partial charge in [-0.25, -0.2) is 0 Å². The molecule has 78 valence electrons. The molecule has 0 heterocycles. The van der Waals surface area contributed by atoms with Crippen molar-refractivity contribution in [1.29, 1.82) is 0 Å². The molecule has 0 atom stereocenters. The third-order valence-electron chi connectivity index (χ3n) is 2.30. The van der Waals surface area contributed by atoms with Gasteiger partial charge in [0.2, 0.25) is 0 Å². The Hall–Kier alpha value is -0.540. The Morgan fingerprint density at radius 2 is 2.14 bits per heavy atom. The molecule has 3 heteroatoms. The summed E-state index contributed by atoms with van der Waals surface area (Å²) >= 11 is 3.54. The fourth-order valence-corrected chi connectivity index (χ4v) is 1.77. The topological polar surface area (TPSA) is 29.3 Å². The van der Waals surface area contributed by atoms with E-state index in [1.807, 2.05) is 0 Å². The molecular formula is C11H17BrN2. The number of aryl methyl sites for hydroxylation is 1. The normalized spacial score (nSPS) is 10.3. The van der Waals surface area contributed by atoms with Crippen molar-refractivity contribution in [2.75, 3.05) is 24.5 Å². The van der Waals surface area contributed by atoms with Crippen LogP contribution in [0, 0.1) is 6.92 Å². The lowest BCUT2D eigenvalue weighted by molar-refractivity contribution is 0.816. The summed E-state index contributed by atoms with van der Waals surface area (Å²) < 4.78 is 1.16. The van der Waals surface area contributed by atoms with Crippen LogP contribution in [-0.2, 0) is 0 Å². The maximum absolute atomic E-state index is 5.56. The van der Waals surface area contributed by atoms with Gasteiger partial charge in [0.15, 0.2) is 0 Å². The minimum absolute atomic E-state index is 0.694. The van der Waals surface area contributed by atoms with Crippen molar-refractivity contribution in [2.45, 2.75) is 13.8 Å². The van der Waals surface area contributed by atoms with E-state index < -0.39 is 0 Å². The van der Waals surface area contributed by atoms with Crippen LogP contribution in [-0.4, -0.2) is 19.6 Å². The van der Waals surface area contributed by atoms with Crippen molar-refractivity contribution in [1.82, 2.24) is 0 Å². The zero-order valence-corrected chi connectivity index (χ0v) is 10.3. The van der Waals surface area contributed by atoms with Gasteiger partial charge in [0.1, 0.15) is 0 Å². The first-order chi connectivity index (χ1) is 6.69. The number of rotatable bonds is 4. The maximum Gasteiger partial charge on any atom is 0.0378 e. The smallest absolute Gasteiger partial charge is 0.0378 e. The second-order valence-corrected chi connectivity index (χ2v) is 4.16. The number of nitrogens with two attached hydrogens (primary N) is 1. The first kappa shape index (κ1) is 11.5. The number of hydrogen-bond acceptors (Lipinski definition) is 2. The van der Waals surface area contributed by atoms with Crippen LogP contribution < -0.4 is 10.6 Å². The Labute approximate surface area is 94.2 Å². The first-order valence-corrected chi connectivity index (χ1v) is 5.69. The molecule has 0 unspecified atom stereocenters. The minimum Gasteiger partial charge on any atom is -0.371 e. The lowest BCUT2D eigenvalue weighted by atomic mass is 10.2. The number of nitrogens with zero attached hydrogens (tertiary/aromatic N) is 1. The molecule has 0 bridgehead atoms. The van der Waals surface area contributed by atoms with Crippen LogP contribution in [0.3, 0.4) is 0 Å². The van der Waals surface area contributed by atoms with Crippen LogP contribution in [0.4, 0.5) is 5.69 Å². The SMILES string of the molecule is CCN(CCN)c1ccc(C)c(Br)c1. The third-order valence-corrected chi connectivity index (χ3v) is 3.16. The Balaban J connectivity index is 2.88. The maximum atomic E-state index is 5.56. The van der Waals surface area contributed by atoms with E-state index in [9.17, 15) is 0 Å². The van der Waals surface area contributed by atoms with E-state index >= 15 is 0 Å². The lowest BCUT2D eigenvalue weighted by Crippen LogP contribution is -2.28. The van der Waals surface area contributed by atoms with E-state index in [0.29, 0.717) is 6.54 Å². The molecule has 14 heavy (non-hydrogen) atoms. The molecule has 0 aliphatic heterocycles. The zero-order valence-electron chi connectivity index (χ0n) is 8.76. The average Bonchev–Trinajstić information content (AvgIpc) is 2.19. The fourth-order valence-electron chi connectivity index (χ4n) is 1.40. The number of benzene rings is 1. The van der Waals surface area contributed by atoms with Gasteiger partial charge in [0.05, 0.1) is 0 Å². The molecule has 1 aromatic rings. The van der Waals surface area contributed by atoms with E-state index in [2.05, 4.69) is 52.9 Å². The van der Waals surface area contributed by atoms with Crippen molar-refractivity contribution < 1.29 is 0 Å². The molecule has 0 aromatic heterocycles. The second kappa shape index (κ2) is 5.37. The summed E-state index contributed by atoms with van der Waals surface area (Å²) in [6, 6.07) is 6.41. The first-order valence-electron chi connectivity index (χ1n) is 4.90. The van der Waals surface area contributed by atoms with Gasteiger partial charge < -0.3 is 10.6 Å². The molecule has 2 N–H and O–H groups in total. The Bertz CT molecular complexity index is 299. The van der Waals surface area contributed by atoms with Crippen LogP contribution in [0.5, 0.6) is 0 Å². The molecule has 1 aromatic carbocycles. The van der Waals surface area contributed by atoms with E-state index in [4.69, 9.17) is 5.73 Å². The predicted octanol–water partition coefficient (Wildman–Crippen LogP) is 2.54.